The molecular weight excluding hydrogens is 192 g/mol. The van der Waals surface area contributed by atoms with Crippen LogP contribution in [0, 0.1) is 0 Å². The quantitative estimate of drug-likeness (QED) is 0.723. The summed E-state index contributed by atoms with van der Waals surface area (Å²) in [5.41, 5.74) is 7.41. The molecule has 5 heteroatoms. The SMILES string of the molecule is CC(N)C(=O)c1ccnc2c1ncn2C. The maximum Gasteiger partial charge on any atom is 0.181 e. The van der Waals surface area contributed by atoms with Crippen LogP contribution in [0.15, 0.2) is 18.6 Å². The molecule has 0 fully saturated rings. The lowest BCUT2D eigenvalue weighted by atomic mass is 10.1. The van der Waals surface area contributed by atoms with Crippen molar-refractivity contribution >= 4 is 16.9 Å². The predicted molar refractivity (Wildman–Crippen MR) is 56.5 cm³/mol. The molecule has 1 unspecified atom stereocenters. The third kappa shape index (κ3) is 1.50. The van der Waals surface area contributed by atoms with E-state index < -0.39 is 6.04 Å². The summed E-state index contributed by atoms with van der Waals surface area (Å²) in [5, 5.41) is 0. The molecule has 0 aliphatic carbocycles. The molecule has 15 heavy (non-hydrogen) atoms. The molecule has 0 aromatic carbocycles. The van der Waals surface area contributed by atoms with E-state index in [1.807, 2.05) is 7.05 Å². The fourth-order valence-corrected chi connectivity index (χ4v) is 1.47. The van der Waals surface area contributed by atoms with Gasteiger partial charge in [0, 0.05) is 13.2 Å². The molecule has 2 heterocycles. The van der Waals surface area contributed by atoms with Crippen molar-refractivity contribution in [3.05, 3.63) is 24.2 Å². The lowest BCUT2D eigenvalue weighted by Crippen LogP contribution is -2.26. The van der Waals surface area contributed by atoms with Gasteiger partial charge in [0.1, 0.15) is 5.52 Å². The van der Waals surface area contributed by atoms with Crippen molar-refractivity contribution in [2.24, 2.45) is 12.8 Å². The van der Waals surface area contributed by atoms with E-state index in [1.54, 1.807) is 30.1 Å². The number of aromatic nitrogens is 3. The molecular formula is C10H12N4O. The Labute approximate surface area is 86.9 Å². The molecule has 0 aliphatic heterocycles. The van der Waals surface area contributed by atoms with Gasteiger partial charge in [-0.25, -0.2) is 9.97 Å². The van der Waals surface area contributed by atoms with Gasteiger partial charge in [0.25, 0.3) is 0 Å². The molecule has 2 aromatic heterocycles. The standard InChI is InChI=1S/C10H12N4O/c1-6(11)9(15)7-3-4-12-10-8(7)13-5-14(10)2/h3-6H,11H2,1-2H3. The van der Waals surface area contributed by atoms with E-state index in [2.05, 4.69) is 9.97 Å². The van der Waals surface area contributed by atoms with E-state index in [0.29, 0.717) is 16.7 Å². The van der Waals surface area contributed by atoms with Gasteiger partial charge < -0.3 is 10.3 Å². The molecule has 0 amide bonds. The highest BCUT2D eigenvalue weighted by atomic mass is 16.1. The summed E-state index contributed by atoms with van der Waals surface area (Å²) in [4.78, 5) is 20.1. The largest absolute Gasteiger partial charge is 0.321 e. The number of imidazole rings is 1. The second-order valence-corrected chi connectivity index (χ2v) is 3.54. The van der Waals surface area contributed by atoms with Crippen molar-refractivity contribution in [1.29, 1.82) is 0 Å². The molecule has 0 spiro atoms. The number of Topliss-reactive ketones (excluding diaryl/α,β-unsaturated/α-hetero) is 1. The van der Waals surface area contributed by atoms with E-state index in [9.17, 15) is 4.79 Å². The molecule has 2 aromatic rings. The fourth-order valence-electron chi connectivity index (χ4n) is 1.47. The molecule has 5 nitrogen and oxygen atoms in total. The number of ketones is 1. The van der Waals surface area contributed by atoms with Crippen molar-refractivity contribution in [3.63, 3.8) is 0 Å². The number of rotatable bonds is 2. The number of aryl methyl sites for hydroxylation is 1. The average Bonchev–Trinajstić information content (AvgIpc) is 2.59. The van der Waals surface area contributed by atoms with Crippen molar-refractivity contribution < 1.29 is 4.79 Å². The minimum atomic E-state index is -0.516. The van der Waals surface area contributed by atoms with Gasteiger partial charge in [-0.3, -0.25) is 4.79 Å². The highest BCUT2D eigenvalue weighted by Gasteiger charge is 2.16. The van der Waals surface area contributed by atoms with Crippen molar-refractivity contribution in [3.8, 4) is 0 Å². The molecule has 0 saturated carbocycles. The lowest BCUT2D eigenvalue weighted by Gasteiger charge is -2.04. The normalized spacial score (nSPS) is 13.0. The highest BCUT2D eigenvalue weighted by molar-refractivity contribution is 6.07. The number of hydrogen-bond donors (Lipinski definition) is 1. The van der Waals surface area contributed by atoms with Crippen molar-refractivity contribution in [2.75, 3.05) is 0 Å². The monoisotopic (exact) mass is 204 g/mol. The maximum absolute atomic E-state index is 11.8. The first kappa shape index (κ1) is 9.79. The first-order valence-electron chi connectivity index (χ1n) is 4.67. The lowest BCUT2D eigenvalue weighted by molar-refractivity contribution is 0.0969. The molecule has 0 radical (unpaired) electrons. The summed E-state index contributed by atoms with van der Waals surface area (Å²) >= 11 is 0. The number of carbonyl (C=O) groups is 1. The smallest absolute Gasteiger partial charge is 0.181 e. The molecule has 0 aliphatic rings. The van der Waals surface area contributed by atoms with Crippen LogP contribution in [0.1, 0.15) is 17.3 Å². The number of carbonyl (C=O) groups excluding carboxylic acids is 1. The number of nitrogens with zero attached hydrogens (tertiary/aromatic N) is 3. The zero-order chi connectivity index (χ0) is 11.0. The minimum absolute atomic E-state index is 0.110. The number of hydrogen-bond acceptors (Lipinski definition) is 4. The zero-order valence-corrected chi connectivity index (χ0v) is 8.64. The third-order valence-corrected chi connectivity index (χ3v) is 2.28. The van der Waals surface area contributed by atoms with Crippen LogP contribution in [-0.2, 0) is 7.05 Å². The number of pyridine rings is 1. The molecule has 0 bridgehead atoms. The minimum Gasteiger partial charge on any atom is -0.321 e. The Morgan fingerprint density at radius 2 is 2.27 bits per heavy atom. The topological polar surface area (TPSA) is 73.8 Å². The number of nitrogens with two attached hydrogens (primary N) is 1. The van der Waals surface area contributed by atoms with E-state index in [-0.39, 0.29) is 5.78 Å². The average molecular weight is 204 g/mol. The van der Waals surface area contributed by atoms with Crippen LogP contribution in [-0.4, -0.2) is 26.4 Å². The Morgan fingerprint density at radius 3 is 2.93 bits per heavy atom. The van der Waals surface area contributed by atoms with Crippen LogP contribution >= 0.6 is 0 Å². The van der Waals surface area contributed by atoms with Crippen molar-refractivity contribution in [2.45, 2.75) is 13.0 Å². The van der Waals surface area contributed by atoms with Crippen LogP contribution in [0.25, 0.3) is 11.2 Å². The van der Waals surface area contributed by atoms with Crippen LogP contribution in [0.2, 0.25) is 0 Å². The van der Waals surface area contributed by atoms with Gasteiger partial charge >= 0.3 is 0 Å². The van der Waals surface area contributed by atoms with Gasteiger partial charge in [0.15, 0.2) is 11.4 Å². The van der Waals surface area contributed by atoms with Gasteiger partial charge in [-0.2, -0.15) is 0 Å². The molecule has 2 N–H and O–H groups in total. The van der Waals surface area contributed by atoms with Crippen molar-refractivity contribution in [1.82, 2.24) is 14.5 Å². The molecule has 1 atom stereocenters. The third-order valence-electron chi connectivity index (χ3n) is 2.28. The Bertz CT molecular complexity index is 515. The van der Waals surface area contributed by atoms with E-state index in [4.69, 9.17) is 5.73 Å². The van der Waals surface area contributed by atoms with E-state index >= 15 is 0 Å². The molecule has 78 valence electrons. The number of fused-ring (bicyclic) bond motifs is 1. The fraction of sp³-hybridized carbons (Fsp3) is 0.300. The highest BCUT2D eigenvalue weighted by Crippen LogP contribution is 2.15. The van der Waals surface area contributed by atoms with Gasteiger partial charge in [0.2, 0.25) is 0 Å². The second kappa shape index (κ2) is 3.43. The summed E-state index contributed by atoms with van der Waals surface area (Å²) < 4.78 is 1.77. The van der Waals surface area contributed by atoms with Crippen LogP contribution < -0.4 is 5.73 Å². The van der Waals surface area contributed by atoms with Crippen LogP contribution in [0.4, 0.5) is 0 Å². The first-order chi connectivity index (χ1) is 7.11. The summed E-state index contributed by atoms with van der Waals surface area (Å²) in [6, 6.07) is 1.14. The van der Waals surface area contributed by atoms with E-state index in [0.717, 1.165) is 0 Å². The van der Waals surface area contributed by atoms with Crippen LogP contribution in [0.3, 0.4) is 0 Å². The summed E-state index contributed by atoms with van der Waals surface area (Å²) in [5.74, 6) is -0.110. The second-order valence-electron chi connectivity index (χ2n) is 3.54. The van der Waals surface area contributed by atoms with Gasteiger partial charge in [0.05, 0.1) is 17.9 Å². The molecule has 0 saturated heterocycles. The summed E-state index contributed by atoms with van der Waals surface area (Å²) in [7, 11) is 1.84. The Balaban J connectivity index is 2.66. The summed E-state index contributed by atoms with van der Waals surface area (Å²) in [6.07, 6.45) is 3.23. The Morgan fingerprint density at radius 1 is 1.53 bits per heavy atom. The maximum atomic E-state index is 11.8. The van der Waals surface area contributed by atoms with Crippen LogP contribution in [0.5, 0.6) is 0 Å². The first-order valence-corrected chi connectivity index (χ1v) is 4.67. The van der Waals surface area contributed by atoms with Gasteiger partial charge in [-0.1, -0.05) is 0 Å². The predicted octanol–water partition coefficient (Wildman–Crippen LogP) is 0.498. The van der Waals surface area contributed by atoms with E-state index in [1.165, 1.54) is 0 Å². The van der Waals surface area contributed by atoms with Gasteiger partial charge in [-0.15, -0.1) is 0 Å². The summed E-state index contributed by atoms with van der Waals surface area (Å²) in [6.45, 7) is 1.66. The molecule has 2 rings (SSSR count). The Hall–Kier alpha value is -1.75. The zero-order valence-electron chi connectivity index (χ0n) is 8.64. The Kier molecular flexibility index (Phi) is 2.24. The van der Waals surface area contributed by atoms with Gasteiger partial charge in [-0.05, 0) is 13.0 Å².